The van der Waals surface area contributed by atoms with Gasteiger partial charge in [0.25, 0.3) is 0 Å². The van der Waals surface area contributed by atoms with Crippen LogP contribution in [0.1, 0.15) is 12.0 Å². The minimum atomic E-state index is 0.117. The highest BCUT2D eigenvalue weighted by molar-refractivity contribution is 6.11. The number of aromatic nitrogens is 4. The summed E-state index contributed by atoms with van der Waals surface area (Å²) in [6.07, 6.45) is 8.32. The van der Waals surface area contributed by atoms with Gasteiger partial charge in [0.1, 0.15) is 17.5 Å². The number of likely N-dealkylation sites (tertiary alicyclic amines) is 1. The highest BCUT2D eigenvalue weighted by atomic mass is 16.5. The Labute approximate surface area is 192 Å². The highest BCUT2D eigenvalue weighted by Gasteiger charge is 2.23. The van der Waals surface area contributed by atoms with Gasteiger partial charge in [0.05, 0.1) is 17.4 Å². The fraction of sp³-hybridized carbons (Fsp3) is 0.292. The zero-order valence-electron chi connectivity index (χ0n) is 19.1. The molecule has 5 heterocycles. The van der Waals surface area contributed by atoms with E-state index in [0.717, 1.165) is 58.8 Å². The molecule has 9 heteroatoms. The zero-order valence-corrected chi connectivity index (χ0v) is 19.1. The second kappa shape index (κ2) is 8.59. The monoisotopic (exact) mass is 444 g/mol. The normalized spacial score (nSPS) is 17.8. The molecule has 1 atom stereocenters. The fourth-order valence-corrected chi connectivity index (χ4v) is 4.30. The molecule has 0 unspecified atom stereocenters. The Balaban J connectivity index is 1.38. The van der Waals surface area contributed by atoms with Gasteiger partial charge in [-0.3, -0.25) is 4.99 Å². The van der Waals surface area contributed by atoms with Gasteiger partial charge in [-0.1, -0.05) is 0 Å². The Bertz CT molecular complexity index is 1370. The number of nitrogens with one attached hydrogen (secondary N) is 1. The number of hydrogen-bond acceptors (Lipinski definition) is 7. The maximum absolute atomic E-state index is 6.19. The third kappa shape index (κ3) is 4.14. The molecule has 4 aromatic rings. The summed E-state index contributed by atoms with van der Waals surface area (Å²) in [6.45, 7) is 1.90. The number of likely N-dealkylation sites (N-methyl/N-ethyl adjacent to an activating group) is 1. The molecule has 3 N–H and O–H groups in total. The van der Waals surface area contributed by atoms with Crippen molar-refractivity contribution in [2.24, 2.45) is 17.8 Å². The van der Waals surface area contributed by atoms with Crippen LogP contribution in [0.3, 0.4) is 0 Å². The molecule has 0 aliphatic carbocycles. The van der Waals surface area contributed by atoms with Crippen molar-refractivity contribution in [1.82, 2.24) is 24.1 Å². The van der Waals surface area contributed by atoms with E-state index in [1.165, 1.54) is 6.20 Å². The molecule has 33 heavy (non-hydrogen) atoms. The van der Waals surface area contributed by atoms with Crippen molar-refractivity contribution in [1.29, 1.82) is 0 Å². The smallest absolute Gasteiger partial charge is 0.160 e. The van der Waals surface area contributed by atoms with E-state index in [-0.39, 0.29) is 6.10 Å². The molecule has 5 rings (SSSR count). The third-order valence-electron chi connectivity index (χ3n) is 5.97. The Morgan fingerprint density at radius 3 is 2.88 bits per heavy atom. The van der Waals surface area contributed by atoms with Gasteiger partial charge in [0.2, 0.25) is 0 Å². The van der Waals surface area contributed by atoms with Gasteiger partial charge in [-0.2, -0.15) is 5.10 Å². The van der Waals surface area contributed by atoms with Crippen LogP contribution < -0.4 is 11.1 Å². The number of pyridine rings is 2. The molecule has 0 bridgehead atoms. The van der Waals surface area contributed by atoms with Crippen molar-refractivity contribution >= 4 is 33.8 Å². The first-order valence-corrected chi connectivity index (χ1v) is 11.0. The van der Waals surface area contributed by atoms with Gasteiger partial charge in [-0.05, 0) is 37.7 Å². The molecule has 0 amide bonds. The zero-order chi connectivity index (χ0) is 22.9. The molecule has 1 saturated heterocycles. The fourth-order valence-electron chi connectivity index (χ4n) is 4.30. The highest BCUT2D eigenvalue weighted by Crippen LogP contribution is 2.23. The van der Waals surface area contributed by atoms with E-state index >= 15 is 0 Å². The number of nitrogens with zero attached hydrogens (tertiary/aromatic N) is 6. The van der Waals surface area contributed by atoms with E-state index in [2.05, 4.69) is 38.4 Å². The van der Waals surface area contributed by atoms with Crippen LogP contribution in [0.4, 0.5) is 11.5 Å². The van der Waals surface area contributed by atoms with Gasteiger partial charge in [-0.15, -0.1) is 0 Å². The van der Waals surface area contributed by atoms with E-state index in [4.69, 9.17) is 10.5 Å². The van der Waals surface area contributed by atoms with Crippen molar-refractivity contribution in [2.75, 3.05) is 32.5 Å². The summed E-state index contributed by atoms with van der Waals surface area (Å²) in [6, 6.07) is 10.1. The lowest BCUT2D eigenvalue weighted by molar-refractivity contribution is 0.137. The van der Waals surface area contributed by atoms with Crippen LogP contribution in [-0.4, -0.2) is 63.1 Å². The van der Waals surface area contributed by atoms with Gasteiger partial charge >= 0.3 is 0 Å². The van der Waals surface area contributed by atoms with Gasteiger partial charge in [0.15, 0.2) is 11.6 Å². The standard InChI is InChI=1S/C24H28N8O/c1-26-23(21(13-25)33-20-6-7-30(2)15-20)16-5-9-32-19(11-16)12-22(29-32)28-18-10-17-4-8-31(3)24(17)27-14-18/h4-5,8-14,20H,6-7,15,25H2,1-3H3,(H,28,29)/b21-13+,26-23?/t20-/m0/s1. The third-order valence-corrected chi connectivity index (χ3v) is 5.97. The largest absolute Gasteiger partial charge is 0.485 e. The first kappa shape index (κ1) is 21.0. The van der Waals surface area contributed by atoms with E-state index < -0.39 is 0 Å². The number of fused-ring (bicyclic) bond motifs is 2. The Morgan fingerprint density at radius 2 is 2.12 bits per heavy atom. The molecular weight excluding hydrogens is 416 g/mol. The number of anilines is 2. The average Bonchev–Trinajstić information content (AvgIpc) is 3.51. The van der Waals surface area contributed by atoms with Crippen LogP contribution in [-0.2, 0) is 11.8 Å². The summed E-state index contributed by atoms with van der Waals surface area (Å²) in [7, 11) is 5.83. The summed E-state index contributed by atoms with van der Waals surface area (Å²) in [5, 5.41) is 9.06. The maximum atomic E-state index is 6.19. The van der Waals surface area contributed by atoms with Crippen molar-refractivity contribution in [2.45, 2.75) is 12.5 Å². The number of ether oxygens (including phenoxy) is 1. The van der Waals surface area contributed by atoms with Gasteiger partial charge in [-0.25, -0.2) is 9.50 Å². The quantitative estimate of drug-likeness (QED) is 0.351. The van der Waals surface area contributed by atoms with E-state index in [9.17, 15) is 0 Å². The van der Waals surface area contributed by atoms with Crippen LogP contribution in [0.2, 0.25) is 0 Å². The lowest BCUT2D eigenvalue weighted by atomic mass is 10.1. The van der Waals surface area contributed by atoms with Crippen LogP contribution in [0, 0.1) is 0 Å². The summed E-state index contributed by atoms with van der Waals surface area (Å²) in [5.74, 6) is 1.33. The van der Waals surface area contributed by atoms with Crippen LogP contribution in [0.25, 0.3) is 16.6 Å². The molecule has 0 aromatic carbocycles. The average molecular weight is 445 g/mol. The lowest BCUT2D eigenvalue weighted by Crippen LogP contribution is -2.22. The predicted octanol–water partition coefficient (Wildman–Crippen LogP) is 2.90. The Morgan fingerprint density at radius 1 is 1.24 bits per heavy atom. The van der Waals surface area contributed by atoms with Crippen molar-refractivity contribution in [3.05, 3.63) is 66.4 Å². The number of hydrogen-bond donors (Lipinski definition) is 2. The minimum Gasteiger partial charge on any atom is -0.485 e. The van der Waals surface area contributed by atoms with Crippen LogP contribution in [0.15, 0.2) is 65.9 Å². The molecule has 0 saturated carbocycles. The number of rotatable bonds is 6. The second-order valence-corrected chi connectivity index (χ2v) is 8.40. The number of allylic oxidation sites excluding steroid dienone is 1. The van der Waals surface area contributed by atoms with Gasteiger partial charge < -0.3 is 25.3 Å². The molecule has 9 nitrogen and oxygen atoms in total. The summed E-state index contributed by atoms with van der Waals surface area (Å²) < 4.78 is 10.0. The lowest BCUT2D eigenvalue weighted by Gasteiger charge is -2.18. The van der Waals surface area contributed by atoms with Gasteiger partial charge in [0, 0.05) is 62.8 Å². The van der Waals surface area contributed by atoms with E-state index in [1.807, 2.05) is 59.0 Å². The Hall–Kier alpha value is -3.85. The minimum absolute atomic E-state index is 0.117. The SMILES string of the molecule is CN=C(/C(=C\N)O[C@H]1CCN(C)C1)c1ccn2nc(Nc3cnc4c(ccn4C)c3)cc2c1. The molecule has 4 aromatic heterocycles. The molecule has 170 valence electrons. The molecular formula is C24H28N8O. The molecule has 0 radical (unpaired) electrons. The predicted molar refractivity (Wildman–Crippen MR) is 131 cm³/mol. The second-order valence-electron chi connectivity index (χ2n) is 8.40. The van der Waals surface area contributed by atoms with Crippen molar-refractivity contribution in [3.8, 4) is 0 Å². The number of aryl methyl sites for hydroxylation is 1. The first-order valence-electron chi connectivity index (χ1n) is 11.0. The summed E-state index contributed by atoms with van der Waals surface area (Å²) in [5.41, 5.74) is 10.3. The van der Waals surface area contributed by atoms with Crippen LogP contribution >= 0.6 is 0 Å². The van der Waals surface area contributed by atoms with E-state index in [0.29, 0.717) is 5.76 Å². The Kier molecular flexibility index (Phi) is 5.47. The topological polar surface area (TPSA) is 98.0 Å². The molecule has 1 fully saturated rings. The summed E-state index contributed by atoms with van der Waals surface area (Å²) in [4.78, 5) is 11.3. The molecule has 1 aliphatic heterocycles. The first-order chi connectivity index (χ1) is 16.0. The van der Waals surface area contributed by atoms with Crippen molar-refractivity contribution in [3.63, 3.8) is 0 Å². The summed E-state index contributed by atoms with van der Waals surface area (Å²) >= 11 is 0. The molecule has 1 aliphatic rings. The van der Waals surface area contributed by atoms with E-state index in [1.54, 1.807) is 7.05 Å². The number of nitrogens with two attached hydrogens (primary N) is 1. The number of aliphatic imine (C=N–C) groups is 1. The van der Waals surface area contributed by atoms with Crippen molar-refractivity contribution < 1.29 is 4.74 Å². The molecule has 0 spiro atoms. The van der Waals surface area contributed by atoms with Crippen LogP contribution in [0.5, 0.6) is 0 Å². The maximum Gasteiger partial charge on any atom is 0.160 e.